The van der Waals surface area contributed by atoms with Crippen LogP contribution in [0.2, 0.25) is 0 Å². The summed E-state index contributed by atoms with van der Waals surface area (Å²) >= 11 is 0. The van der Waals surface area contributed by atoms with Gasteiger partial charge in [-0.15, -0.1) is 0 Å². The summed E-state index contributed by atoms with van der Waals surface area (Å²) < 4.78 is 10.3. The molecule has 0 heterocycles. The molecule has 1 unspecified atom stereocenters. The molecule has 106 valence electrons. The van der Waals surface area contributed by atoms with E-state index in [1.54, 1.807) is 6.92 Å². The molecule has 0 radical (unpaired) electrons. The lowest BCUT2D eigenvalue weighted by atomic mass is 10.1. The Morgan fingerprint density at radius 2 is 1.89 bits per heavy atom. The number of carbonyl (C=O) groups is 2. The summed E-state index contributed by atoms with van der Waals surface area (Å²) in [6, 6.07) is 0. The summed E-state index contributed by atoms with van der Waals surface area (Å²) in [5.74, 6) is -1.50. The molecule has 0 aliphatic carbocycles. The number of carboxylic acids is 1. The van der Waals surface area contributed by atoms with Crippen molar-refractivity contribution in [3.63, 3.8) is 0 Å². The number of ether oxygens (including phenoxy) is 2. The first-order valence-electron chi connectivity index (χ1n) is 6.23. The van der Waals surface area contributed by atoms with Gasteiger partial charge in [0.05, 0.1) is 25.7 Å². The lowest BCUT2D eigenvalue weighted by Crippen LogP contribution is -2.28. The van der Waals surface area contributed by atoms with E-state index in [0.717, 1.165) is 0 Å². The van der Waals surface area contributed by atoms with Crippen molar-refractivity contribution in [1.82, 2.24) is 5.32 Å². The molecule has 0 saturated heterocycles. The maximum atomic E-state index is 11.3. The minimum absolute atomic E-state index is 0.142. The molecule has 0 bridgehead atoms. The Kier molecular flexibility index (Phi) is 10.3. The molecule has 1 atom stereocenters. The van der Waals surface area contributed by atoms with Crippen molar-refractivity contribution in [2.24, 2.45) is 5.92 Å². The third kappa shape index (κ3) is 10.0. The van der Waals surface area contributed by atoms with Crippen LogP contribution in [0.1, 0.15) is 26.7 Å². The topological polar surface area (TPSA) is 84.9 Å². The first-order chi connectivity index (χ1) is 8.57. The fraction of sp³-hybridized carbons (Fsp3) is 0.833. The predicted molar refractivity (Wildman–Crippen MR) is 66.4 cm³/mol. The van der Waals surface area contributed by atoms with Crippen molar-refractivity contribution < 1.29 is 24.2 Å². The van der Waals surface area contributed by atoms with Gasteiger partial charge in [0.15, 0.2) is 0 Å². The summed E-state index contributed by atoms with van der Waals surface area (Å²) in [6.45, 7) is 6.12. The molecule has 0 rings (SSSR count). The van der Waals surface area contributed by atoms with Gasteiger partial charge in [-0.25, -0.2) is 0 Å². The second-order valence-electron chi connectivity index (χ2n) is 3.94. The first kappa shape index (κ1) is 16.9. The number of carboxylic acid groups (broad SMARTS) is 1. The number of hydrogen-bond donors (Lipinski definition) is 2. The van der Waals surface area contributed by atoms with Crippen LogP contribution < -0.4 is 5.32 Å². The van der Waals surface area contributed by atoms with Crippen LogP contribution in [0.3, 0.4) is 0 Å². The van der Waals surface area contributed by atoms with E-state index in [9.17, 15) is 9.59 Å². The Balaban J connectivity index is 3.35. The molecular weight excluding hydrogens is 238 g/mol. The second-order valence-corrected chi connectivity index (χ2v) is 3.94. The van der Waals surface area contributed by atoms with Crippen molar-refractivity contribution in [2.75, 3.05) is 33.0 Å². The van der Waals surface area contributed by atoms with Crippen LogP contribution in [0.4, 0.5) is 0 Å². The highest BCUT2D eigenvalue weighted by Crippen LogP contribution is 2.04. The number of nitrogens with one attached hydrogen (secondary N) is 1. The maximum Gasteiger partial charge on any atom is 0.306 e. The number of hydrogen-bond acceptors (Lipinski definition) is 4. The Morgan fingerprint density at radius 1 is 1.22 bits per heavy atom. The standard InChI is InChI=1S/C12H23NO5/c1-3-17-8-9-18-7-6-13-11(14)5-4-10(2)12(15)16/h10H,3-9H2,1-2H3,(H,13,14)(H,15,16). The second kappa shape index (κ2) is 11.0. The number of carbonyl (C=O) groups excluding carboxylic acids is 1. The normalized spacial score (nSPS) is 12.1. The zero-order valence-corrected chi connectivity index (χ0v) is 11.1. The van der Waals surface area contributed by atoms with E-state index in [1.807, 2.05) is 6.92 Å². The van der Waals surface area contributed by atoms with Gasteiger partial charge in [0, 0.05) is 19.6 Å². The van der Waals surface area contributed by atoms with Gasteiger partial charge in [0.1, 0.15) is 0 Å². The van der Waals surface area contributed by atoms with Gasteiger partial charge >= 0.3 is 5.97 Å². The Morgan fingerprint density at radius 3 is 2.50 bits per heavy atom. The molecule has 0 fully saturated rings. The highest BCUT2D eigenvalue weighted by atomic mass is 16.5. The average Bonchev–Trinajstić information content (AvgIpc) is 2.34. The molecule has 2 N–H and O–H groups in total. The maximum absolute atomic E-state index is 11.3. The van der Waals surface area contributed by atoms with Crippen LogP contribution >= 0.6 is 0 Å². The average molecular weight is 261 g/mol. The molecule has 0 aromatic rings. The molecular formula is C12H23NO5. The van der Waals surface area contributed by atoms with Crippen LogP contribution in [-0.4, -0.2) is 50.0 Å². The van der Waals surface area contributed by atoms with Gasteiger partial charge < -0.3 is 19.9 Å². The molecule has 0 spiro atoms. The van der Waals surface area contributed by atoms with Gasteiger partial charge in [-0.05, 0) is 13.3 Å². The predicted octanol–water partition coefficient (Wildman–Crippen LogP) is 0.657. The Bertz CT molecular complexity index is 245. The monoisotopic (exact) mass is 261 g/mol. The van der Waals surface area contributed by atoms with E-state index in [2.05, 4.69) is 5.32 Å². The van der Waals surface area contributed by atoms with Gasteiger partial charge in [0.25, 0.3) is 0 Å². The largest absolute Gasteiger partial charge is 0.481 e. The first-order valence-corrected chi connectivity index (χ1v) is 6.23. The summed E-state index contributed by atoms with van der Waals surface area (Å²) in [6.07, 6.45) is 0.582. The summed E-state index contributed by atoms with van der Waals surface area (Å²) in [5, 5.41) is 11.3. The van der Waals surface area contributed by atoms with E-state index in [4.69, 9.17) is 14.6 Å². The van der Waals surface area contributed by atoms with Gasteiger partial charge in [0.2, 0.25) is 5.91 Å². The molecule has 0 aliphatic heterocycles. The molecule has 1 amide bonds. The Labute approximate surface area is 108 Å². The van der Waals surface area contributed by atoms with Crippen LogP contribution in [0.5, 0.6) is 0 Å². The van der Waals surface area contributed by atoms with E-state index >= 15 is 0 Å². The van der Waals surface area contributed by atoms with Crippen LogP contribution in [0.15, 0.2) is 0 Å². The molecule has 6 nitrogen and oxygen atoms in total. The van der Waals surface area contributed by atoms with E-state index in [1.165, 1.54) is 0 Å². The van der Waals surface area contributed by atoms with Crippen molar-refractivity contribution >= 4 is 11.9 Å². The number of aliphatic carboxylic acids is 1. The van der Waals surface area contributed by atoms with Gasteiger partial charge in [-0.3, -0.25) is 9.59 Å². The van der Waals surface area contributed by atoms with Gasteiger partial charge in [-0.1, -0.05) is 6.92 Å². The van der Waals surface area contributed by atoms with Crippen LogP contribution in [0, 0.1) is 5.92 Å². The van der Waals surface area contributed by atoms with E-state index in [0.29, 0.717) is 39.4 Å². The zero-order valence-electron chi connectivity index (χ0n) is 11.1. The smallest absolute Gasteiger partial charge is 0.306 e. The lowest BCUT2D eigenvalue weighted by Gasteiger charge is -2.08. The third-order valence-electron chi connectivity index (χ3n) is 2.37. The molecule has 0 aromatic carbocycles. The van der Waals surface area contributed by atoms with E-state index < -0.39 is 11.9 Å². The molecule has 6 heteroatoms. The Hall–Kier alpha value is -1.14. The van der Waals surface area contributed by atoms with Crippen molar-refractivity contribution in [2.45, 2.75) is 26.7 Å². The summed E-state index contributed by atoms with van der Waals surface area (Å²) in [4.78, 5) is 21.9. The number of rotatable bonds is 11. The fourth-order valence-electron chi connectivity index (χ4n) is 1.19. The fourth-order valence-corrected chi connectivity index (χ4v) is 1.19. The highest BCUT2D eigenvalue weighted by Gasteiger charge is 2.12. The SMILES string of the molecule is CCOCCOCCNC(=O)CCC(C)C(=O)O. The number of amides is 1. The lowest BCUT2D eigenvalue weighted by molar-refractivity contribution is -0.141. The van der Waals surface area contributed by atoms with Crippen LogP contribution in [0.25, 0.3) is 0 Å². The molecule has 18 heavy (non-hydrogen) atoms. The minimum Gasteiger partial charge on any atom is -0.481 e. The quantitative estimate of drug-likeness (QED) is 0.534. The van der Waals surface area contributed by atoms with Crippen molar-refractivity contribution in [3.05, 3.63) is 0 Å². The zero-order chi connectivity index (χ0) is 13.8. The van der Waals surface area contributed by atoms with E-state index in [-0.39, 0.29) is 12.3 Å². The molecule has 0 aromatic heterocycles. The highest BCUT2D eigenvalue weighted by molar-refractivity contribution is 5.77. The molecule has 0 aliphatic rings. The summed E-state index contributed by atoms with van der Waals surface area (Å²) in [7, 11) is 0. The van der Waals surface area contributed by atoms with Crippen molar-refractivity contribution in [3.8, 4) is 0 Å². The summed E-state index contributed by atoms with van der Waals surface area (Å²) in [5.41, 5.74) is 0. The van der Waals surface area contributed by atoms with Crippen LogP contribution in [-0.2, 0) is 19.1 Å². The molecule has 0 saturated carbocycles. The van der Waals surface area contributed by atoms with Crippen molar-refractivity contribution in [1.29, 1.82) is 0 Å². The van der Waals surface area contributed by atoms with Gasteiger partial charge in [-0.2, -0.15) is 0 Å². The minimum atomic E-state index is -0.873. The third-order valence-corrected chi connectivity index (χ3v) is 2.37.